The van der Waals surface area contributed by atoms with Crippen LogP contribution in [0.1, 0.15) is 23.7 Å². The van der Waals surface area contributed by atoms with Crippen LogP contribution in [-0.2, 0) is 14.8 Å². The molecule has 31 heavy (non-hydrogen) atoms. The van der Waals surface area contributed by atoms with Crippen LogP contribution in [0.25, 0.3) is 11.1 Å². The smallest absolute Gasteiger partial charge is 0.425 e. The second kappa shape index (κ2) is 8.40. The minimum absolute atomic E-state index is 0.0487. The monoisotopic (exact) mass is 433 g/mol. The Morgan fingerprint density at radius 3 is 2.16 bits per heavy atom. The van der Waals surface area contributed by atoms with Crippen molar-refractivity contribution in [2.24, 2.45) is 0 Å². The molecule has 0 saturated carbocycles. The minimum atomic E-state index is -4.05. The van der Waals surface area contributed by atoms with Crippen molar-refractivity contribution in [1.82, 2.24) is 4.31 Å². The standard InChI is InChI=1S/C25H23NO4S/c1-3-22-17-24(21-13-11-20(12-14-21)19-7-5-4-6-8-19)30-25(27)26(22)31(28,29)23-15-9-18(2)10-16-23/h3-16,22,24H,1,17H2,2H3/t22-,24-/m0/s1. The van der Waals surface area contributed by atoms with Gasteiger partial charge in [-0.3, -0.25) is 0 Å². The van der Waals surface area contributed by atoms with Gasteiger partial charge < -0.3 is 4.74 Å². The Morgan fingerprint density at radius 1 is 0.935 bits per heavy atom. The fourth-order valence-electron chi connectivity index (χ4n) is 3.69. The van der Waals surface area contributed by atoms with E-state index in [1.807, 2.05) is 61.5 Å². The molecule has 1 amide bonds. The Kier molecular flexibility index (Phi) is 5.65. The van der Waals surface area contributed by atoms with E-state index < -0.39 is 28.3 Å². The Hall–Kier alpha value is -3.38. The molecule has 4 rings (SSSR count). The summed E-state index contributed by atoms with van der Waals surface area (Å²) in [7, 11) is -4.05. The molecule has 2 atom stereocenters. The van der Waals surface area contributed by atoms with Crippen LogP contribution < -0.4 is 0 Å². The molecule has 0 radical (unpaired) electrons. The SMILES string of the molecule is C=C[C@H]1C[C@@H](c2ccc(-c3ccccc3)cc2)OC(=O)N1S(=O)(=O)c1ccc(C)cc1. The molecular weight excluding hydrogens is 410 g/mol. The quantitative estimate of drug-likeness (QED) is 0.499. The predicted octanol–water partition coefficient (Wildman–Crippen LogP) is 5.49. The second-order valence-corrected chi connectivity index (χ2v) is 9.33. The molecule has 1 aliphatic rings. The third kappa shape index (κ3) is 4.11. The van der Waals surface area contributed by atoms with Crippen LogP contribution in [0.4, 0.5) is 4.79 Å². The van der Waals surface area contributed by atoms with Gasteiger partial charge in [-0.2, -0.15) is 4.31 Å². The highest BCUT2D eigenvalue weighted by molar-refractivity contribution is 7.89. The minimum Gasteiger partial charge on any atom is -0.440 e. The van der Waals surface area contributed by atoms with Gasteiger partial charge in [0.2, 0.25) is 0 Å². The van der Waals surface area contributed by atoms with E-state index in [1.54, 1.807) is 12.1 Å². The van der Waals surface area contributed by atoms with Crippen molar-refractivity contribution < 1.29 is 17.9 Å². The Balaban J connectivity index is 1.58. The van der Waals surface area contributed by atoms with E-state index in [4.69, 9.17) is 4.74 Å². The fraction of sp³-hybridized carbons (Fsp3) is 0.160. The van der Waals surface area contributed by atoms with E-state index >= 15 is 0 Å². The van der Waals surface area contributed by atoms with Crippen molar-refractivity contribution >= 4 is 16.1 Å². The van der Waals surface area contributed by atoms with Crippen LogP contribution in [0.2, 0.25) is 0 Å². The van der Waals surface area contributed by atoms with Crippen molar-refractivity contribution in [1.29, 1.82) is 0 Å². The van der Waals surface area contributed by atoms with Crippen molar-refractivity contribution in [3.63, 3.8) is 0 Å². The summed E-state index contributed by atoms with van der Waals surface area (Å²) < 4.78 is 32.5. The molecule has 1 fully saturated rings. The molecule has 3 aromatic rings. The highest BCUT2D eigenvalue weighted by atomic mass is 32.2. The molecule has 0 bridgehead atoms. The Labute approximate surface area is 182 Å². The van der Waals surface area contributed by atoms with Gasteiger partial charge in [0.05, 0.1) is 10.9 Å². The summed E-state index contributed by atoms with van der Waals surface area (Å²) in [4.78, 5) is 12.8. The first kappa shape index (κ1) is 20.9. The first-order valence-electron chi connectivity index (χ1n) is 10.00. The van der Waals surface area contributed by atoms with E-state index in [0.717, 1.165) is 26.6 Å². The Bertz CT molecular complexity index is 1190. The average molecular weight is 434 g/mol. The van der Waals surface area contributed by atoms with Gasteiger partial charge in [-0.05, 0) is 35.7 Å². The zero-order chi connectivity index (χ0) is 22.0. The summed E-state index contributed by atoms with van der Waals surface area (Å²) in [5.41, 5.74) is 3.89. The molecule has 1 aliphatic heterocycles. The van der Waals surface area contributed by atoms with Gasteiger partial charge in [0, 0.05) is 6.42 Å². The number of hydrogen-bond acceptors (Lipinski definition) is 4. The van der Waals surface area contributed by atoms with Crippen LogP contribution >= 0.6 is 0 Å². The summed E-state index contributed by atoms with van der Waals surface area (Å²) in [6, 6.07) is 23.4. The predicted molar refractivity (Wildman–Crippen MR) is 120 cm³/mol. The molecule has 5 nitrogen and oxygen atoms in total. The number of ether oxygens (including phenoxy) is 1. The highest BCUT2D eigenvalue weighted by Crippen LogP contribution is 2.35. The largest absolute Gasteiger partial charge is 0.440 e. The Morgan fingerprint density at radius 2 is 1.55 bits per heavy atom. The van der Waals surface area contributed by atoms with Crippen molar-refractivity contribution in [2.45, 2.75) is 30.4 Å². The van der Waals surface area contributed by atoms with Crippen molar-refractivity contribution in [2.75, 3.05) is 0 Å². The number of carbonyl (C=O) groups is 1. The van der Waals surface area contributed by atoms with Gasteiger partial charge in [-0.25, -0.2) is 13.2 Å². The number of cyclic esters (lactones) is 1. The van der Waals surface area contributed by atoms with Crippen LogP contribution in [0, 0.1) is 6.92 Å². The average Bonchev–Trinajstić information content (AvgIpc) is 2.79. The zero-order valence-corrected chi connectivity index (χ0v) is 18.0. The van der Waals surface area contributed by atoms with Gasteiger partial charge in [0.25, 0.3) is 10.0 Å². The van der Waals surface area contributed by atoms with Crippen molar-refractivity contribution in [3.05, 3.63) is 103 Å². The molecular formula is C25H23NO4S. The fourth-order valence-corrected chi connectivity index (χ4v) is 5.16. The summed E-state index contributed by atoms with van der Waals surface area (Å²) in [6.45, 7) is 5.63. The summed E-state index contributed by atoms with van der Waals surface area (Å²) in [5, 5.41) is 0. The lowest BCUT2D eigenvalue weighted by atomic mass is 9.97. The molecule has 0 spiro atoms. The van der Waals surface area contributed by atoms with Gasteiger partial charge in [0.1, 0.15) is 6.10 Å². The third-order valence-corrected chi connectivity index (χ3v) is 7.22. The van der Waals surface area contributed by atoms with Gasteiger partial charge >= 0.3 is 6.09 Å². The van der Waals surface area contributed by atoms with E-state index in [9.17, 15) is 13.2 Å². The number of amides is 1. The maximum Gasteiger partial charge on any atom is 0.425 e. The van der Waals surface area contributed by atoms with Crippen molar-refractivity contribution in [3.8, 4) is 11.1 Å². The molecule has 0 unspecified atom stereocenters. The molecule has 3 aromatic carbocycles. The van der Waals surface area contributed by atoms with Gasteiger partial charge in [-0.1, -0.05) is 78.4 Å². The van der Waals surface area contributed by atoms with E-state index in [-0.39, 0.29) is 4.90 Å². The van der Waals surface area contributed by atoms with Crippen LogP contribution in [0.3, 0.4) is 0 Å². The lowest BCUT2D eigenvalue weighted by molar-refractivity contribution is 0.0354. The summed E-state index contributed by atoms with van der Waals surface area (Å²) in [5.74, 6) is 0. The molecule has 1 saturated heterocycles. The highest BCUT2D eigenvalue weighted by Gasteiger charge is 2.42. The first-order chi connectivity index (χ1) is 14.9. The second-order valence-electron chi connectivity index (χ2n) is 7.51. The molecule has 1 heterocycles. The van der Waals surface area contributed by atoms with E-state index in [1.165, 1.54) is 18.2 Å². The summed E-state index contributed by atoms with van der Waals surface area (Å²) in [6.07, 6.45) is 0.335. The number of carbonyl (C=O) groups excluding carboxylic acids is 1. The number of rotatable bonds is 5. The number of aryl methyl sites for hydroxylation is 1. The van der Waals surface area contributed by atoms with Crippen LogP contribution in [0.5, 0.6) is 0 Å². The lowest BCUT2D eigenvalue weighted by Crippen LogP contribution is -2.48. The molecule has 0 aliphatic carbocycles. The molecule has 0 N–H and O–H groups in total. The normalized spacial score (nSPS) is 19.0. The molecule has 0 aromatic heterocycles. The third-order valence-electron chi connectivity index (χ3n) is 5.42. The first-order valence-corrected chi connectivity index (χ1v) is 11.4. The number of hydrogen-bond donors (Lipinski definition) is 0. The van der Waals surface area contributed by atoms with Gasteiger partial charge in [0.15, 0.2) is 0 Å². The van der Waals surface area contributed by atoms with E-state index in [0.29, 0.717) is 6.42 Å². The van der Waals surface area contributed by atoms with Crippen LogP contribution in [0.15, 0.2) is 96.4 Å². The molecule has 6 heteroatoms. The van der Waals surface area contributed by atoms with Gasteiger partial charge in [-0.15, -0.1) is 6.58 Å². The molecule has 158 valence electrons. The van der Waals surface area contributed by atoms with E-state index in [2.05, 4.69) is 6.58 Å². The zero-order valence-electron chi connectivity index (χ0n) is 17.1. The maximum atomic E-state index is 13.1. The van der Waals surface area contributed by atoms with Crippen LogP contribution in [-0.4, -0.2) is 24.9 Å². The number of sulfonamides is 1. The topological polar surface area (TPSA) is 63.7 Å². The summed E-state index contributed by atoms with van der Waals surface area (Å²) >= 11 is 0. The lowest BCUT2D eigenvalue weighted by Gasteiger charge is -2.36. The number of nitrogens with zero attached hydrogens (tertiary/aromatic N) is 1. The number of benzene rings is 3. The maximum absolute atomic E-state index is 13.1.